The average Bonchev–Trinajstić information content (AvgIpc) is 3.41. The van der Waals surface area contributed by atoms with Crippen LogP contribution in [0, 0.1) is 0 Å². The summed E-state index contributed by atoms with van der Waals surface area (Å²) in [7, 11) is 1.66. The number of hydrogen-bond acceptors (Lipinski definition) is 6. The molecule has 0 unspecified atom stereocenters. The molecule has 0 saturated carbocycles. The molecule has 0 radical (unpaired) electrons. The summed E-state index contributed by atoms with van der Waals surface area (Å²) in [5.74, 6) is 3.15. The number of benzene rings is 1. The highest BCUT2D eigenvalue weighted by molar-refractivity contribution is 7.99. The zero-order valence-corrected chi connectivity index (χ0v) is 18.3. The zero-order valence-electron chi connectivity index (χ0n) is 17.5. The molecule has 4 rings (SSSR count). The van der Waals surface area contributed by atoms with Crippen LogP contribution in [0.25, 0.3) is 0 Å². The van der Waals surface area contributed by atoms with Gasteiger partial charge in [0.25, 0.3) is 0 Å². The number of thioether (sulfide) groups is 1. The maximum absolute atomic E-state index is 13.1. The highest BCUT2D eigenvalue weighted by atomic mass is 32.2. The Morgan fingerprint density at radius 3 is 2.90 bits per heavy atom. The number of furan rings is 1. The van der Waals surface area contributed by atoms with Gasteiger partial charge < -0.3 is 14.1 Å². The summed E-state index contributed by atoms with van der Waals surface area (Å²) in [6.45, 7) is 5.45. The molecule has 1 amide bonds. The Morgan fingerprint density at radius 1 is 1.30 bits per heavy atom. The number of aryl methyl sites for hydroxylation is 1. The first kappa shape index (κ1) is 20.5. The van der Waals surface area contributed by atoms with E-state index in [2.05, 4.69) is 24.0 Å². The monoisotopic (exact) mass is 426 g/mol. The third kappa shape index (κ3) is 4.23. The van der Waals surface area contributed by atoms with E-state index in [-0.39, 0.29) is 11.8 Å². The summed E-state index contributed by atoms with van der Waals surface area (Å²) in [5, 5.41) is 9.43. The van der Waals surface area contributed by atoms with Crippen molar-refractivity contribution in [3.05, 3.63) is 53.7 Å². The fourth-order valence-corrected chi connectivity index (χ4v) is 4.53. The molecule has 3 heterocycles. The first-order valence-corrected chi connectivity index (χ1v) is 11.1. The summed E-state index contributed by atoms with van der Waals surface area (Å²) in [6.07, 6.45) is 3.56. The van der Waals surface area contributed by atoms with Gasteiger partial charge in [-0.05, 0) is 48.7 Å². The third-order valence-corrected chi connectivity index (χ3v) is 6.14. The number of fused-ring (bicyclic) bond motifs is 1. The van der Waals surface area contributed by atoms with Crippen LogP contribution < -0.4 is 9.64 Å². The van der Waals surface area contributed by atoms with Gasteiger partial charge in [-0.3, -0.25) is 9.36 Å². The smallest absolute Gasteiger partial charge is 0.237 e. The van der Waals surface area contributed by atoms with Gasteiger partial charge in [0.2, 0.25) is 5.91 Å². The lowest BCUT2D eigenvalue weighted by Crippen LogP contribution is -2.36. The van der Waals surface area contributed by atoms with Crippen LogP contribution >= 0.6 is 11.8 Å². The lowest BCUT2D eigenvalue weighted by molar-refractivity contribution is -0.116. The van der Waals surface area contributed by atoms with Crippen molar-refractivity contribution in [2.24, 2.45) is 0 Å². The van der Waals surface area contributed by atoms with Gasteiger partial charge in [-0.2, -0.15) is 0 Å². The number of nitrogens with zero attached hydrogens (tertiary/aromatic N) is 4. The summed E-state index contributed by atoms with van der Waals surface area (Å²) in [5.41, 5.74) is 2.13. The number of rotatable bonds is 7. The number of carbonyl (C=O) groups excluding carboxylic acids is 1. The predicted molar refractivity (Wildman–Crippen MR) is 116 cm³/mol. The van der Waals surface area contributed by atoms with Crippen LogP contribution in [-0.2, 0) is 17.8 Å². The zero-order chi connectivity index (χ0) is 21.1. The van der Waals surface area contributed by atoms with E-state index in [1.54, 1.807) is 13.4 Å². The predicted octanol–water partition coefficient (Wildman–Crippen LogP) is 4.12. The van der Waals surface area contributed by atoms with E-state index < -0.39 is 0 Å². The topological polar surface area (TPSA) is 73.4 Å². The second kappa shape index (κ2) is 8.95. The molecule has 1 aliphatic rings. The van der Waals surface area contributed by atoms with Crippen molar-refractivity contribution in [1.82, 2.24) is 14.8 Å². The lowest BCUT2D eigenvalue weighted by atomic mass is 10.0. The van der Waals surface area contributed by atoms with Crippen molar-refractivity contribution >= 4 is 23.4 Å². The largest absolute Gasteiger partial charge is 0.497 e. The molecule has 0 N–H and O–H groups in total. The molecule has 3 aromatic rings. The molecule has 2 aromatic heterocycles. The molecule has 30 heavy (non-hydrogen) atoms. The van der Waals surface area contributed by atoms with Gasteiger partial charge in [0.15, 0.2) is 5.16 Å². The van der Waals surface area contributed by atoms with Crippen LogP contribution in [0.1, 0.15) is 43.3 Å². The van der Waals surface area contributed by atoms with Gasteiger partial charge in [-0.15, -0.1) is 10.2 Å². The van der Waals surface area contributed by atoms with Crippen molar-refractivity contribution < 1.29 is 13.9 Å². The number of anilines is 1. The normalized spacial score (nSPS) is 13.5. The van der Waals surface area contributed by atoms with Gasteiger partial charge in [0, 0.05) is 18.2 Å². The standard InChI is InChI=1S/C22H26N4O3S/c1-15(2)21-23-24-22(26(21)13-18-7-5-11-29-18)30-14-20(27)25-10-4-6-16-12-17(28-3)8-9-19(16)25/h5,7-9,11-12,15H,4,6,10,13-14H2,1-3H3. The van der Waals surface area contributed by atoms with E-state index in [4.69, 9.17) is 9.15 Å². The number of carbonyl (C=O) groups is 1. The van der Waals surface area contributed by atoms with Crippen molar-refractivity contribution in [2.75, 3.05) is 24.3 Å². The van der Waals surface area contributed by atoms with Crippen molar-refractivity contribution in [3.8, 4) is 5.75 Å². The van der Waals surface area contributed by atoms with E-state index in [1.165, 1.54) is 11.8 Å². The lowest BCUT2D eigenvalue weighted by Gasteiger charge is -2.29. The molecule has 158 valence electrons. The van der Waals surface area contributed by atoms with E-state index in [1.807, 2.05) is 39.8 Å². The van der Waals surface area contributed by atoms with Gasteiger partial charge in [-0.25, -0.2) is 0 Å². The Kier molecular flexibility index (Phi) is 6.13. The Morgan fingerprint density at radius 2 is 2.17 bits per heavy atom. The van der Waals surface area contributed by atoms with Crippen LogP contribution in [0.15, 0.2) is 46.2 Å². The number of hydrogen-bond donors (Lipinski definition) is 0. The molecule has 0 aliphatic carbocycles. The summed E-state index contributed by atoms with van der Waals surface area (Å²) in [6, 6.07) is 9.71. The molecular formula is C22H26N4O3S. The van der Waals surface area contributed by atoms with E-state index in [0.29, 0.717) is 12.3 Å². The fourth-order valence-electron chi connectivity index (χ4n) is 3.70. The Balaban J connectivity index is 1.50. The number of ether oxygens (including phenoxy) is 1. The summed E-state index contributed by atoms with van der Waals surface area (Å²) < 4.78 is 12.9. The van der Waals surface area contributed by atoms with E-state index >= 15 is 0 Å². The molecule has 8 heteroatoms. The molecule has 1 aromatic carbocycles. The number of methoxy groups -OCH3 is 1. The Labute approximate surface area is 180 Å². The minimum absolute atomic E-state index is 0.0739. The van der Waals surface area contributed by atoms with Crippen LogP contribution in [0.3, 0.4) is 0 Å². The average molecular weight is 427 g/mol. The van der Waals surface area contributed by atoms with Crippen LogP contribution in [-0.4, -0.2) is 40.1 Å². The number of aromatic nitrogens is 3. The fraction of sp³-hybridized carbons (Fsp3) is 0.409. The minimum atomic E-state index is 0.0739. The van der Waals surface area contributed by atoms with Gasteiger partial charge in [-0.1, -0.05) is 25.6 Å². The molecule has 0 saturated heterocycles. The van der Waals surface area contributed by atoms with Crippen molar-refractivity contribution in [2.45, 2.75) is 44.3 Å². The molecule has 0 fully saturated rings. The highest BCUT2D eigenvalue weighted by Crippen LogP contribution is 2.31. The molecule has 0 spiro atoms. The number of amides is 1. The molecular weight excluding hydrogens is 400 g/mol. The van der Waals surface area contributed by atoms with Gasteiger partial charge in [0.05, 0.1) is 25.7 Å². The maximum atomic E-state index is 13.1. The second-order valence-corrected chi connectivity index (χ2v) is 8.54. The van der Waals surface area contributed by atoms with Crippen LogP contribution in [0.5, 0.6) is 5.75 Å². The summed E-state index contributed by atoms with van der Waals surface area (Å²) >= 11 is 1.42. The highest BCUT2D eigenvalue weighted by Gasteiger charge is 2.24. The maximum Gasteiger partial charge on any atom is 0.237 e. The van der Waals surface area contributed by atoms with Crippen LogP contribution in [0.2, 0.25) is 0 Å². The third-order valence-electron chi connectivity index (χ3n) is 5.19. The van der Waals surface area contributed by atoms with E-state index in [9.17, 15) is 4.79 Å². The van der Waals surface area contributed by atoms with E-state index in [0.717, 1.165) is 53.1 Å². The Bertz CT molecular complexity index is 1010. The molecule has 7 nitrogen and oxygen atoms in total. The Hall–Kier alpha value is -2.74. The second-order valence-electron chi connectivity index (χ2n) is 7.59. The van der Waals surface area contributed by atoms with Gasteiger partial charge >= 0.3 is 0 Å². The van der Waals surface area contributed by atoms with Gasteiger partial charge in [0.1, 0.15) is 17.3 Å². The SMILES string of the molecule is COc1ccc2c(c1)CCCN2C(=O)CSc1nnc(C(C)C)n1Cc1ccco1. The molecule has 0 bridgehead atoms. The minimum Gasteiger partial charge on any atom is -0.497 e. The molecule has 1 aliphatic heterocycles. The van der Waals surface area contributed by atoms with Crippen LogP contribution in [0.4, 0.5) is 5.69 Å². The first-order chi connectivity index (χ1) is 14.6. The first-order valence-electron chi connectivity index (χ1n) is 10.1. The summed E-state index contributed by atoms with van der Waals surface area (Å²) in [4.78, 5) is 14.9. The molecule has 0 atom stereocenters. The van der Waals surface area contributed by atoms with Crippen molar-refractivity contribution in [1.29, 1.82) is 0 Å². The van der Waals surface area contributed by atoms with Crippen molar-refractivity contribution in [3.63, 3.8) is 0 Å². The quantitative estimate of drug-likeness (QED) is 0.529.